The van der Waals surface area contributed by atoms with Crippen LogP contribution in [0.25, 0.3) is 0 Å². The van der Waals surface area contributed by atoms with Crippen LogP contribution in [0, 0.1) is 0 Å². The van der Waals surface area contributed by atoms with Gasteiger partial charge < -0.3 is 0 Å². The van der Waals surface area contributed by atoms with Gasteiger partial charge in [0.25, 0.3) is 0 Å². The van der Waals surface area contributed by atoms with Crippen LogP contribution in [0.1, 0.15) is 25.7 Å². The zero-order chi connectivity index (χ0) is 15.2. The largest absolute Gasteiger partial charge is 0.298 e. The van der Waals surface area contributed by atoms with E-state index in [4.69, 9.17) is 11.6 Å². The lowest BCUT2D eigenvalue weighted by molar-refractivity contribution is -0.123. The maximum atomic E-state index is 12.9. The summed E-state index contributed by atoms with van der Waals surface area (Å²) in [7, 11) is -3.60. The van der Waals surface area contributed by atoms with E-state index in [0.717, 1.165) is 12.8 Å². The van der Waals surface area contributed by atoms with E-state index in [-0.39, 0.29) is 22.8 Å². The van der Waals surface area contributed by atoms with Gasteiger partial charge in [-0.15, -0.1) is 0 Å². The number of piperidine rings is 2. The van der Waals surface area contributed by atoms with Crippen LogP contribution >= 0.6 is 27.5 Å². The number of Topliss-reactive ketones (excluding diaryl/α,β-unsaturated/α-hetero) is 1. The van der Waals surface area contributed by atoms with E-state index in [1.807, 2.05) is 0 Å². The van der Waals surface area contributed by atoms with Gasteiger partial charge in [-0.2, -0.15) is 4.31 Å². The molecule has 7 heteroatoms. The zero-order valence-electron chi connectivity index (χ0n) is 11.2. The van der Waals surface area contributed by atoms with Gasteiger partial charge in [-0.1, -0.05) is 34.0 Å². The third kappa shape index (κ3) is 2.67. The number of hydrogen-bond donors (Lipinski definition) is 0. The van der Waals surface area contributed by atoms with Crippen molar-refractivity contribution in [3.8, 4) is 0 Å². The topological polar surface area (TPSA) is 54.5 Å². The molecule has 2 bridgehead atoms. The van der Waals surface area contributed by atoms with Gasteiger partial charge in [0, 0.05) is 23.5 Å². The molecular weight excluding hydrogens is 378 g/mol. The molecule has 0 saturated carbocycles. The smallest absolute Gasteiger partial charge is 0.243 e. The first-order chi connectivity index (χ1) is 9.91. The van der Waals surface area contributed by atoms with E-state index < -0.39 is 14.9 Å². The molecular formula is C14H15BrClNO3S. The number of fused-ring (bicyclic) bond motifs is 2. The van der Waals surface area contributed by atoms with E-state index in [2.05, 4.69) is 15.9 Å². The van der Waals surface area contributed by atoms with Gasteiger partial charge in [0.15, 0.2) is 0 Å². The summed E-state index contributed by atoms with van der Waals surface area (Å²) >= 11 is 9.21. The van der Waals surface area contributed by atoms with E-state index in [0.29, 0.717) is 17.9 Å². The summed E-state index contributed by atoms with van der Waals surface area (Å²) in [4.78, 5) is 11.8. The standard InChI is InChI=1S/C14H15BrClNO3S/c15-14-12-3-1-2-10(8-13(14)18)17(12)21(19,20)11-6-4-9(16)5-7-11/h4-7,10,12,14H,1-3,8H2/t10-,12+,14-/m1/s1. The third-order valence-corrected chi connectivity index (χ3v) is 7.56. The molecule has 114 valence electrons. The van der Waals surface area contributed by atoms with E-state index >= 15 is 0 Å². The molecule has 0 N–H and O–H groups in total. The van der Waals surface area contributed by atoms with E-state index in [1.165, 1.54) is 12.1 Å². The second-order valence-electron chi connectivity index (χ2n) is 5.51. The number of sulfonamides is 1. The molecule has 0 unspecified atom stereocenters. The van der Waals surface area contributed by atoms with Crippen molar-refractivity contribution in [2.24, 2.45) is 0 Å². The van der Waals surface area contributed by atoms with Gasteiger partial charge in [-0.05, 0) is 37.1 Å². The fourth-order valence-corrected chi connectivity index (χ4v) is 6.09. The third-order valence-electron chi connectivity index (χ3n) is 4.20. The molecule has 1 aromatic carbocycles. The minimum atomic E-state index is -3.60. The van der Waals surface area contributed by atoms with Crippen molar-refractivity contribution in [3.63, 3.8) is 0 Å². The average Bonchev–Trinajstić information content (AvgIpc) is 2.45. The van der Waals surface area contributed by atoms with Gasteiger partial charge in [-0.3, -0.25) is 4.79 Å². The second kappa shape index (κ2) is 5.65. The molecule has 21 heavy (non-hydrogen) atoms. The molecule has 2 aliphatic heterocycles. The first-order valence-corrected chi connectivity index (χ1v) is 9.60. The fraction of sp³-hybridized carbons (Fsp3) is 0.500. The molecule has 0 spiro atoms. The van der Waals surface area contributed by atoms with Gasteiger partial charge in [-0.25, -0.2) is 8.42 Å². The van der Waals surface area contributed by atoms with Crippen LogP contribution in [0.5, 0.6) is 0 Å². The molecule has 3 atom stereocenters. The Morgan fingerprint density at radius 2 is 1.86 bits per heavy atom. The van der Waals surface area contributed by atoms with Crippen LogP contribution < -0.4 is 0 Å². The highest BCUT2D eigenvalue weighted by Crippen LogP contribution is 2.39. The molecule has 0 radical (unpaired) electrons. The second-order valence-corrected chi connectivity index (χ2v) is 8.78. The number of halogens is 2. The van der Waals surface area contributed by atoms with Crippen LogP contribution in [0.15, 0.2) is 29.2 Å². The Bertz CT molecular complexity index is 661. The molecule has 2 fully saturated rings. The van der Waals surface area contributed by atoms with E-state index in [1.54, 1.807) is 16.4 Å². The highest BCUT2D eigenvalue weighted by Gasteiger charge is 2.48. The lowest BCUT2D eigenvalue weighted by atomic mass is 9.86. The Hall–Kier alpha value is -0.430. The van der Waals surface area contributed by atoms with Crippen LogP contribution in [0.3, 0.4) is 0 Å². The molecule has 4 nitrogen and oxygen atoms in total. The van der Waals surface area contributed by atoms with Crippen LogP contribution in [0.4, 0.5) is 0 Å². The number of rotatable bonds is 2. The number of hydrogen-bond acceptors (Lipinski definition) is 3. The van der Waals surface area contributed by atoms with E-state index in [9.17, 15) is 13.2 Å². The summed E-state index contributed by atoms with van der Waals surface area (Å²) < 4.78 is 27.4. The molecule has 0 amide bonds. The highest BCUT2D eigenvalue weighted by molar-refractivity contribution is 9.10. The zero-order valence-corrected chi connectivity index (χ0v) is 14.4. The number of carbonyl (C=O) groups is 1. The van der Waals surface area contributed by atoms with Crippen molar-refractivity contribution in [1.29, 1.82) is 0 Å². The molecule has 1 aromatic rings. The Morgan fingerprint density at radius 3 is 2.52 bits per heavy atom. The summed E-state index contributed by atoms with van der Waals surface area (Å²) in [5.41, 5.74) is 0. The van der Waals surface area contributed by atoms with Gasteiger partial charge in [0.1, 0.15) is 5.78 Å². The van der Waals surface area contributed by atoms with Crippen LogP contribution in [-0.4, -0.2) is 35.4 Å². The number of nitrogens with zero attached hydrogens (tertiary/aromatic N) is 1. The first kappa shape index (κ1) is 15.5. The number of benzene rings is 1. The Kier molecular flexibility index (Phi) is 4.16. The van der Waals surface area contributed by atoms with Gasteiger partial charge in [0.05, 0.1) is 9.72 Å². The summed E-state index contributed by atoms with van der Waals surface area (Å²) in [5.74, 6) is 0.104. The van der Waals surface area contributed by atoms with Crippen molar-refractivity contribution < 1.29 is 13.2 Å². The van der Waals surface area contributed by atoms with Gasteiger partial charge in [0.2, 0.25) is 10.0 Å². The number of ketones is 1. The van der Waals surface area contributed by atoms with Crippen LogP contribution in [0.2, 0.25) is 5.02 Å². The molecule has 2 heterocycles. The maximum absolute atomic E-state index is 12.9. The highest BCUT2D eigenvalue weighted by atomic mass is 79.9. The van der Waals surface area contributed by atoms with Crippen molar-refractivity contribution in [1.82, 2.24) is 4.31 Å². The summed E-state index contributed by atoms with van der Waals surface area (Å²) in [6, 6.07) is 5.69. The average molecular weight is 393 g/mol. The SMILES string of the molecule is O=C1C[C@H]2CCC[C@@H]([C@H]1Br)N2S(=O)(=O)c1ccc(Cl)cc1. The molecule has 2 saturated heterocycles. The van der Waals surface area contributed by atoms with Gasteiger partial charge >= 0.3 is 0 Å². The summed E-state index contributed by atoms with van der Waals surface area (Å²) in [6.07, 6.45) is 2.70. The lowest BCUT2D eigenvalue weighted by Crippen LogP contribution is -2.59. The molecule has 3 rings (SSSR count). The molecule has 0 aromatic heterocycles. The molecule has 2 aliphatic rings. The number of alkyl halides is 1. The first-order valence-electron chi connectivity index (χ1n) is 6.87. The van der Waals surface area contributed by atoms with Crippen molar-refractivity contribution in [2.75, 3.05) is 0 Å². The Morgan fingerprint density at radius 1 is 1.19 bits per heavy atom. The minimum absolute atomic E-state index is 0.104. The van der Waals surface area contributed by atoms with Crippen molar-refractivity contribution >= 4 is 43.3 Å². The van der Waals surface area contributed by atoms with Crippen molar-refractivity contribution in [2.45, 2.75) is 47.5 Å². The Labute approximate surface area is 137 Å². The Balaban J connectivity index is 2.01. The summed E-state index contributed by atoms with van der Waals surface area (Å²) in [6.45, 7) is 0. The quantitative estimate of drug-likeness (QED) is 0.727. The number of carbonyl (C=O) groups excluding carboxylic acids is 1. The predicted octanol–water partition coefficient (Wildman–Crippen LogP) is 2.99. The monoisotopic (exact) mass is 391 g/mol. The van der Waals surface area contributed by atoms with Crippen molar-refractivity contribution in [3.05, 3.63) is 29.3 Å². The normalized spacial score (nSPS) is 30.4. The lowest BCUT2D eigenvalue weighted by Gasteiger charge is -2.46. The predicted molar refractivity (Wildman–Crippen MR) is 84.2 cm³/mol. The molecule has 0 aliphatic carbocycles. The maximum Gasteiger partial charge on any atom is 0.243 e. The van der Waals surface area contributed by atoms with Crippen LogP contribution in [-0.2, 0) is 14.8 Å². The summed E-state index contributed by atoms with van der Waals surface area (Å²) in [5, 5.41) is 0.501. The fourth-order valence-electron chi connectivity index (χ4n) is 3.22. The minimum Gasteiger partial charge on any atom is -0.298 e.